The van der Waals surface area contributed by atoms with Crippen molar-refractivity contribution in [2.75, 3.05) is 0 Å². The third-order valence-electron chi connectivity index (χ3n) is 5.50. The van der Waals surface area contributed by atoms with E-state index in [1.165, 1.54) is 0 Å². The van der Waals surface area contributed by atoms with Gasteiger partial charge in [-0.3, -0.25) is 0 Å². The summed E-state index contributed by atoms with van der Waals surface area (Å²) in [7, 11) is 0. The van der Waals surface area contributed by atoms with Gasteiger partial charge in [0.1, 0.15) is 0 Å². The van der Waals surface area contributed by atoms with E-state index in [-0.39, 0.29) is 0 Å². The van der Waals surface area contributed by atoms with Gasteiger partial charge in [0.15, 0.2) is 0 Å². The fourth-order valence-electron chi connectivity index (χ4n) is 3.76. The largest absolute Gasteiger partial charge is 0.245 e. The van der Waals surface area contributed by atoms with Crippen molar-refractivity contribution in [1.29, 1.82) is 0 Å². The monoisotopic (exact) mass is 593 g/mol. The normalized spacial score (nSPS) is 11.9. The fourth-order valence-corrected chi connectivity index (χ4v) is 4.50. The van der Waals surface area contributed by atoms with Crippen molar-refractivity contribution in [1.82, 2.24) is 4.98 Å². The van der Waals surface area contributed by atoms with Crippen LogP contribution in [0.3, 0.4) is 0 Å². The number of aliphatic imine (C=N–C) groups is 2. The van der Waals surface area contributed by atoms with E-state index in [2.05, 4.69) is 56.1 Å². The Bertz CT molecular complexity index is 1430. The van der Waals surface area contributed by atoms with Crippen molar-refractivity contribution in [2.24, 2.45) is 9.98 Å². The molecule has 36 heavy (non-hydrogen) atoms. The van der Waals surface area contributed by atoms with Gasteiger partial charge in [0, 0.05) is 20.1 Å². The Hall–Kier alpha value is -3.67. The first-order valence-corrected chi connectivity index (χ1v) is 13.0. The van der Waals surface area contributed by atoms with E-state index in [0.29, 0.717) is 0 Å². The fraction of sp³-hybridized carbons (Fsp3) is 0. The van der Waals surface area contributed by atoms with Gasteiger partial charge in [-0.25, -0.2) is 15.0 Å². The van der Waals surface area contributed by atoms with E-state index in [9.17, 15) is 0 Å². The first kappa shape index (κ1) is 24.0. The Labute approximate surface area is 227 Å². The van der Waals surface area contributed by atoms with Gasteiger partial charge in [-0.05, 0) is 68.3 Å². The van der Waals surface area contributed by atoms with Gasteiger partial charge in [0.2, 0.25) is 0 Å². The van der Waals surface area contributed by atoms with Crippen molar-refractivity contribution in [3.8, 4) is 0 Å². The van der Waals surface area contributed by atoms with Gasteiger partial charge in [-0.2, -0.15) is 0 Å². The van der Waals surface area contributed by atoms with Gasteiger partial charge < -0.3 is 0 Å². The molecule has 0 aliphatic rings. The number of aromatic nitrogens is 1. The first-order valence-electron chi connectivity index (χ1n) is 11.4. The lowest BCUT2D eigenvalue weighted by Crippen LogP contribution is -2.11. The second kappa shape index (κ2) is 11.4. The molecule has 174 valence electrons. The Balaban J connectivity index is 1.69. The first-order chi connectivity index (χ1) is 17.7. The second-order valence-electron chi connectivity index (χ2n) is 7.96. The zero-order chi connectivity index (χ0) is 24.7. The van der Waals surface area contributed by atoms with Crippen LogP contribution in [0.15, 0.2) is 146 Å². The minimum absolute atomic E-state index is 0.769. The predicted molar refractivity (Wildman–Crippen MR) is 156 cm³/mol. The molecule has 0 aliphatic carbocycles. The topological polar surface area (TPSA) is 37.6 Å². The van der Waals surface area contributed by atoms with Gasteiger partial charge in [0.25, 0.3) is 0 Å². The maximum atomic E-state index is 5.09. The quantitative estimate of drug-likeness (QED) is 0.181. The lowest BCUT2D eigenvalue weighted by molar-refractivity contribution is 1.24. The Morgan fingerprint density at radius 1 is 0.444 bits per heavy atom. The highest BCUT2D eigenvalue weighted by Crippen LogP contribution is 2.28. The van der Waals surface area contributed by atoms with E-state index in [1.807, 2.05) is 103 Å². The zero-order valence-corrected chi connectivity index (χ0v) is 22.4. The molecule has 0 spiro atoms. The van der Waals surface area contributed by atoms with Crippen LogP contribution in [-0.2, 0) is 0 Å². The van der Waals surface area contributed by atoms with Gasteiger partial charge in [-0.15, -0.1) is 0 Å². The van der Waals surface area contributed by atoms with Crippen LogP contribution in [0.25, 0.3) is 0 Å². The highest BCUT2D eigenvalue weighted by atomic mass is 79.9. The molecule has 0 aliphatic heterocycles. The molecule has 0 radical (unpaired) electrons. The molecule has 4 aromatic carbocycles. The van der Waals surface area contributed by atoms with Crippen LogP contribution in [0, 0.1) is 0 Å². The molecule has 0 amide bonds. The van der Waals surface area contributed by atoms with Crippen LogP contribution in [-0.4, -0.2) is 16.4 Å². The molecule has 0 bridgehead atoms. The molecular weight excluding hydrogens is 574 g/mol. The predicted octanol–water partition coefficient (Wildman–Crippen LogP) is 8.94. The van der Waals surface area contributed by atoms with E-state index < -0.39 is 0 Å². The number of halogens is 2. The third kappa shape index (κ3) is 5.59. The van der Waals surface area contributed by atoms with Crippen LogP contribution in [0.2, 0.25) is 0 Å². The molecule has 5 aromatic rings. The Morgan fingerprint density at radius 2 is 0.833 bits per heavy atom. The molecule has 0 atom stereocenters. The molecule has 1 heterocycles. The van der Waals surface area contributed by atoms with Crippen molar-refractivity contribution >= 4 is 54.7 Å². The number of rotatable bonds is 6. The number of benzene rings is 4. The van der Waals surface area contributed by atoms with Crippen LogP contribution in [0.4, 0.5) is 11.4 Å². The number of hydrogen-bond donors (Lipinski definition) is 0. The number of para-hydroxylation sites is 2. The lowest BCUT2D eigenvalue weighted by atomic mass is 10.0. The van der Waals surface area contributed by atoms with Gasteiger partial charge in [-0.1, -0.05) is 91.0 Å². The molecule has 0 saturated heterocycles. The standard InChI is InChI=1S/C31H21Br2N3/c32-24-16-7-9-18-26(24)35-30(22-12-3-1-4-13-22)28-20-11-21-29(34-28)31(23-14-5-2-6-15-23)36-27-19-10-8-17-25(27)33/h1-21H/b35-30+,36-31+. The van der Waals surface area contributed by atoms with Crippen molar-refractivity contribution in [2.45, 2.75) is 0 Å². The highest BCUT2D eigenvalue weighted by molar-refractivity contribution is 9.11. The maximum Gasteiger partial charge on any atom is 0.0966 e. The van der Waals surface area contributed by atoms with Crippen LogP contribution >= 0.6 is 31.9 Å². The molecule has 0 fully saturated rings. The average Bonchev–Trinajstić information content (AvgIpc) is 2.93. The summed E-state index contributed by atoms with van der Waals surface area (Å²) in [6.07, 6.45) is 0. The smallest absolute Gasteiger partial charge is 0.0966 e. The second-order valence-corrected chi connectivity index (χ2v) is 9.67. The summed E-state index contributed by atoms with van der Waals surface area (Å²) in [4.78, 5) is 15.1. The SMILES string of the molecule is Brc1ccccc1/N=C(\c1ccccc1)c1cccc(/C(=N/c2ccccc2Br)c2ccccc2)n1. The van der Waals surface area contributed by atoms with Crippen molar-refractivity contribution < 1.29 is 0 Å². The third-order valence-corrected chi connectivity index (χ3v) is 6.84. The van der Waals surface area contributed by atoms with E-state index >= 15 is 0 Å². The molecule has 5 rings (SSSR count). The van der Waals surface area contributed by atoms with Crippen LogP contribution < -0.4 is 0 Å². The molecule has 5 heteroatoms. The van der Waals surface area contributed by atoms with Crippen molar-refractivity contribution in [3.05, 3.63) is 159 Å². The summed E-state index contributed by atoms with van der Waals surface area (Å²) >= 11 is 7.26. The maximum absolute atomic E-state index is 5.09. The molecule has 0 N–H and O–H groups in total. The summed E-state index contributed by atoms with van der Waals surface area (Å²) < 4.78 is 1.85. The minimum Gasteiger partial charge on any atom is -0.245 e. The summed E-state index contributed by atoms with van der Waals surface area (Å²) in [5, 5.41) is 0. The summed E-state index contributed by atoms with van der Waals surface area (Å²) in [5.74, 6) is 0. The minimum atomic E-state index is 0.769. The Morgan fingerprint density at radius 3 is 1.25 bits per heavy atom. The van der Waals surface area contributed by atoms with E-state index in [4.69, 9.17) is 15.0 Å². The summed E-state index contributed by atoms with van der Waals surface area (Å²) in [5.41, 5.74) is 6.77. The molecular formula is C31H21Br2N3. The van der Waals surface area contributed by atoms with E-state index in [0.717, 1.165) is 54.3 Å². The highest BCUT2D eigenvalue weighted by Gasteiger charge is 2.15. The van der Waals surface area contributed by atoms with Crippen LogP contribution in [0.5, 0.6) is 0 Å². The van der Waals surface area contributed by atoms with E-state index in [1.54, 1.807) is 0 Å². The van der Waals surface area contributed by atoms with Gasteiger partial charge >= 0.3 is 0 Å². The number of nitrogens with zero attached hydrogens (tertiary/aromatic N) is 3. The average molecular weight is 595 g/mol. The number of pyridine rings is 1. The van der Waals surface area contributed by atoms with Crippen LogP contribution in [0.1, 0.15) is 22.5 Å². The van der Waals surface area contributed by atoms with Gasteiger partial charge in [0.05, 0.1) is 34.2 Å². The lowest BCUT2D eigenvalue weighted by Gasteiger charge is -2.12. The molecule has 0 saturated carbocycles. The molecule has 3 nitrogen and oxygen atoms in total. The Kier molecular flexibility index (Phi) is 7.60. The van der Waals surface area contributed by atoms with Crippen molar-refractivity contribution in [3.63, 3.8) is 0 Å². The number of hydrogen-bond acceptors (Lipinski definition) is 3. The molecule has 1 aromatic heterocycles. The summed E-state index contributed by atoms with van der Waals surface area (Å²) in [6, 6.07) is 42.1. The summed E-state index contributed by atoms with van der Waals surface area (Å²) in [6.45, 7) is 0. The zero-order valence-electron chi connectivity index (χ0n) is 19.2. The molecule has 0 unspecified atom stereocenters.